The smallest absolute Gasteiger partial charge is 0.325 e. The van der Waals surface area contributed by atoms with E-state index in [9.17, 15) is 9.59 Å². The van der Waals surface area contributed by atoms with Crippen molar-refractivity contribution in [3.05, 3.63) is 88.0 Å². The maximum atomic E-state index is 13.6. The zero-order valence-electron chi connectivity index (χ0n) is 21.0. The van der Waals surface area contributed by atoms with Crippen LogP contribution in [0.1, 0.15) is 11.1 Å². The molecule has 3 aromatic rings. The van der Waals surface area contributed by atoms with E-state index in [2.05, 4.69) is 15.9 Å². The van der Waals surface area contributed by atoms with Gasteiger partial charge in [0, 0.05) is 0 Å². The Morgan fingerprint density at radius 3 is 2.34 bits per heavy atom. The van der Waals surface area contributed by atoms with E-state index in [0.717, 1.165) is 5.56 Å². The molecule has 1 saturated heterocycles. The second-order valence-corrected chi connectivity index (χ2v) is 9.34. The fourth-order valence-electron chi connectivity index (χ4n) is 3.84. The first kappa shape index (κ1) is 27.2. The maximum absolute atomic E-state index is 13.6. The van der Waals surface area contributed by atoms with Crippen molar-refractivity contribution in [1.82, 2.24) is 4.90 Å². The molecule has 0 N–H and O–H groups in total. The molecule has 8 nitrogen and oxygen atoms in total. The summed E-state index contributed by atoms with van der Waals surface area (Å²) in [5.41, 5.74) is 2.40. The number of hydrogen-bond acceptors (Lipinski definition) is 7. The van der Waals surface area contributed by atoms with Crippen molar-refractivity contribution in [2.24, 2.45) is 0 Å². The summed E-state index contributed by atoms with van der Waals surface area (Å²) in [6.07, 6.45) is 1.65. The largest absolute Gasteiger partial charge is 0.497 e. The molecule has 1 amide bonds. The Bertz CT molecular complexity index is 1380. The van der Waals surface area contributed by atoms with Crippen molar-refractivity contribution in [3.63, 3.8) is 0 Å². The second-order valence-electron chi connectivity index (χ2n) is 8.12. The molecule has 0 saturated carbocycles. The monoisotopic (exact) mass is 596 g/mol. The van der Waals surface area contributed by atoms with E-state index in [-0.39, 0.29) is 23.3 Å². The van der Waals surface area contributed by atoms with E-state index >= 15 is 0 Å². The average molecular weight is 597 g/mol. The van der Waals surface area contributed by atoms with E-state index in [0.29, 0.717) is 39.6 Å². The molecule has 4 rings (SSSR count). The van der Waals surface area contributed by atoms with E-state index < -0.39 is 5.97 Å². The van der Waals surface area contributed by atoms with E-state index in [1.807, 2.05) is 30.3 Å². The standard InChI is InChI=1S/C28H25BrN2O6S/c1-34-21-11-9-20(10-12-21)31-27(33)23(30(28(31)38)16-25(32)36-3)14-19-13-22(29)26(24(15-19)35-2)37-17-18-7-5-4-6-8-18/h4-15H,16-17H2,1-3H3/b23-14-. The Kier molecular flexibility index (Phi) is 8.65. The van der Waals surface area contributed by atoms with Crippen LogP contribution in [0.25, 0.3) is 6.08 Å². The molecule has 0 radical (unpaired) electrons. The third-order valence-electron chi connectivity index (χ3n) is 5.76. The number of methoxy groups -OCH3 is 3. The third-order valence-corrected chi connectivity index (χ3v) is 6.75. The molecule has 1 aliphatic rings. The molecule has 0 unspecified atom stereocenters. The van der Waals surface area contributed by atoms with Crippen LogP contribution in [0.2, 0.25) is 0 Å². The van der Waals surface area contributed by atoms with E-state index in [1.54, 1.807) is 56.7 Å². The molecule has 1 fully saturated rings. The van der Waals surface area contributed by atoms with Gasteiger partial charge in [-0.05, 0) is 81.7 Å². The Labute approximate surface area is 234 Å². The second kappa shape index (κ2) is 12.1. The van der Waals surface area contributed by atoms with Crippen LogP contribution in [0.5, 0.6) is 17.2 Å². The highest BCUT2D eigenvalue weighted by Crippen LogP contribution is 2.39. The lowest BCUT2D eigenvalue weighted by Crippen LogP contribution is -2.35. The molecule has 0 aromatic heterocycles. The van der Waals surface area contributed by atoms with Crippen molar-refractivity contribution in [2.75, 3.05) is 32.8 Å². The fraction of sp³-hybridized carbons (Fsp3) is 0.179. The molecule has 1 heterocycles. The molecule has 196 valence electrons. The summed E-state index contributed by atoms with van der Waals surface area (Å²) in [5, 5.41) is 0.158. The van der Waals surface area contributed by atoms with Crippen LogP contribution in [0.15, 0.2) is 76.9 Å². The summed E-state index contributed by atoms with van der Waals surface area (Å²) in [6.45, 7) is 0.128. The number of amides is 1. The van der Waals surface area contributed by atoms with Gasteiger partial charge in [0.1, 0.15) is 24.6 Å². The molecule has 0 aliphatic carbocycles. The number of halogens is 1. The fourth-order valence-corrected chi connectivity index (χ4v) is 4.76. The van der Waals surface area contributed by atoms with Gasteiger partial charge in [0.2, 0.25) is 0 Å². The van der Waals surface area contributed by atoms with Crippen molar-refractivity contribution in [3.8, 4) is 17.2 Å². The number of thiocarbonyl (C=S) groups is 1. The number of anilines is 1. The Morgan fingerprint density at radius 2 is 1.71 bits per heavy atom. The van der Waals surface area contributed by atoms with Gasteiger partial charge in [-0.15, -0.1) is 0 Å². The van der Waals surface area contributed by atoms with Gasteiger partial charge in [-0.3, -0.25) is 14.5 Å². The summed E-state index contributed by atoms with van der Waals surface area (Å²) >= 11 is 9.18. The highest BCUT2D eigenvalue weighted by atomic mass is 79.9. The van der Waals surface area contributed by atoms with Crippen molar-refractivity contribution in [2.45, 2.75) is 6.61 Å². The lowest BCUT2D eigenvalue weighted by molar-refractivity contribution is -0.140. The number of benzene rings is 3. The highest BCUT2D eigenvalue weighted by molar-refractivity contribution is 9.10. The van der Waals surface area contributed by atoms with Gasteiger partial charge >= 0.3 is 5.97 Å². The number of ether oxygens (including phenoxy) is 4. The number of esters is 1. The number of hydrogen-bond donors (Lipinski definition) is 0. The quantitative estimate of drug-likeness (QED) is 0.190. The molecule has 0 spiro atoms. The summed E-state index contributed by atoms with van der Waals surface area (Å²) in [4.78, 5) is 28.6. The predicted molar refractivity (Wildman–Crippen MR) is 151 cm³/mol. The van der Waals surface area contributed by atoms with Gasteiger partial charge in [-0.25, -0.2) is 0 Å². The highest BCUT2D eigenvalue weighted by Gasteiger charge is 2.40. The number of rotatable bonds is 9. The maximum Gasteiger partial charge on any atom is 0.325 e. The van der Waals surface area contributed by atoms with Crippen LogP contribution >= 0.6 is 28.1 Å². The minimum atomic E-state index is -0.536. The normalized spacial score (nSPS) is 14.2. The lowest BCUT2D eigenvalue weighted by atomic mass is 10.1. The molecule has 0 bridgehead atoms. The van der Waals surface area contributed by atoms with Gasteiger partial charge in [0.15, 0.2) is 16.6 Å². The summed E-state index contributed by atoms with van der Waals surface area (Å²) in [6, 6.07) is 20.2. The zero-order chi connectivity index (χ0) is 27.2. The zero-order valence-corrected chi connectivity index (χ0v) is 23.4. The minimum Gasteiger partial charge on any atom is -0.497 e. The van der Waals surface area contributed by atoms with Crippen LogP contribution in [0.4, 0.5) is 5.69 Å². The molecular formula is C28H25BrN2O6S. The number of carbonyl (C=O) groups excluding carboxylic acids is 2. The van der Waals surface area contributed by atoms with Gasteiger partial charge in [0.25, 0.3) is 5.91 Å². The molecule has 0 atom stereocenters. The summed E-state index contributed by atoms with van der Waals surface area (Å²) < 4.78 is 22.3. The van der Waals surface area contributed by atoms with Crippen LogP contribution in [0.3, 0.4) is 0 Å². The Balaban J connectivity index is 1.69. The van der Waals surface area contributed by atoms with Crippen LogP contribution in [-0.2, 0) is 20.9 Å². The topological polar surface area (TPSA) is 77.5 Å². The van der Waals surface area contributed by atoms with Crippen LogP contribution < -0.4 is 19.1 Å². The first-order chi connectivity index (χ1) is 18.4. The average Bonchev–Trinajstić information content (AvgIpc) is 3.16. The van der Waals surface area contributed by atoms with Crippen LogP contribution in [-0.4, -0.2) is 49.8 Å². The molecule has 3 aromatic carbocycles. The SMILES string of the molecule is COC(=O)CN1C(=S)N(c2ccc(OC)cc2)C(=O)/C1=C/c1cc(Br)c(OCc2ccccc2)c(OC)c1. The molecule has 10 heteroatoms. The summed E-state index contributed by atoms with van der Waals surface area (Å²) in [7, 11) is 4.38. The number of nitrogens with zero attached hydrogens (tertiary/aromatic N) is 2. The first-order valence-corrected chi connectivity index (χ1v) is 12.7. The Morgan fingerprint density at radius 1 is 1.00 bits per heavy atom. The van der Waals surface area contributed by atoms with Crippen molar-refractivity contribution < 1.29 is 28.5 Å². The van der Waals surface area contributed by atoms with Gasteiger partial charge in [-0.2, -0.15) is 0 Å². The van der Waals surface area contributed by atoms with E-state index in [4.69, 9.17) is 31.2 Å². The Hall–Kier alpha value is -3.89. The number of carbonyl (C=O) groups is 2. The molecular weight excluding hydrogens is 572 g/mol. The van der Waals surface area contributed by atoms with Gasteiger partial charge < -0.3 is 23.8 Å². The predicted octanol–water partition coefficient (Wildman–Crippen LogP) is 5.19. The molecule has 38 heavy (non-hydrogen) atoms. The summed E-state index contributed by atoms with van der Waals surface area (Å²) in [5.74, 6) is 0.717. The van der Waals surface area contributed by atoms with Gasteiger partial charge in [0.05, 0.1) is 31.5 Å². The van der Waals surface area contributed by atoms with Crippen molar-refractivity contribution >= 4 is 56.9 Å². The molecule has 1 aliphatic heterocycles. The lowest BCUT2D eigenvalue weighted by Gasteiger charge is -2.19. The van der Waals surface area contributed by atoms with E-state index in [1.165, 1.54) is 16.9 Å². The van der Waals surface area contributed by atoms with Crippen molar-refractivity contribution in [1.29, 1.82) is 0 Å². The minimum absolute atomic E-state index is 0.158. The first-order valence-electron chi connectivity index (χ1n) is 11.5. The van der Waals surface area contributed by atoms with Gasteiger partial charge in [-0.1, -0.05) is 30.3 Å². The third kappa shape index (κ3) is 5.81. The van der Waals surface area contributed by atoms with Crippen LogP contribution in [0, 0.1) is 0 Å².